The molecule has 32 heavy (non-hydrogen) atoms. The van der Waals surface area contributed by atoms with Gasteiger partial charge in [0.05, 0.1) is 22.5 Å². The maximum Gasteiger partial charge on any atom is 0.257 e. The van der Waals surface area contributed by atoms with Gasteiger partial charge < -0.3 is 19.9 Å². The number of carbonyl (C=O) groups is 1. The van der Waals surface area contributed by atoms with E-state index in [1.54, 1.807) is 42.9 Å². The van der Waals surface area contributed by atoms with Crippen LogP contribution in [0.2, 0.25) is 0 Å². The second kappa shape index (κ2) is 7.83. The highest BCUT2D eigenvalue weighted by Gasteiger charge is 2.24. The van der Waals surface area contributed by atoms with Gasteiger partial charge in [-0.3, -0.25) is 4.79 Å². The summed E-state index contributed by atoms with van der Waals surface area (Å²) >= 11 is 0. The van der Waals surface area contributed by atoms with Crippen LogP contribution < -0.4 is 15.5 Å². The van der Waals surface area contributed by atoms with Crippen LogP contribution in [0.5, 0.6) is 0 Å². The zero-order valence-electron chi connectivity index (χ0n) is 18.2. The molecule has 1 aliphatic rings. The molecule has 5 rings (SSSR count). The van der Waals surface area contributed by atoms with Crippen molar-refractivity contribution in [2.45, 2.75) is 26.3 Å². The Morgan fingerprint density at radius 1 is 1.22 bits per heavy atom. The Bertz CT molecular complexity index is 1350. The first-order valence-electron chi connectivity index (χ1n) is 10.6. The minimum atomic E-state index is -0.498. The molecular formula is C23H24FN7O. The molecule has 9 heteroatoms. The molecule has 4 heterocycles. The lowest BCUT2D eigenvalue weighted by molar-refractivity contribution is 0.102. The number of rotatable bonds is 4. The van der Waals surface area contributed by atoms with E-state index in [2.05, 4.69) is 30.5 Å². The van der Waals surface area contributed by atoms with Gasteiger partial charge in [-0.25, -0.2) is 19.3 Å². The van der Waals surface area contributed by atoms with E-state index in [1.807, 2.05) is 13.1 Å². The number of likely N-dealkylation sites (N-methyl/N-ethyl adjacent to an activating group) is 1. The summed E-state index contributed by atoms with van der Waals surface area (Å²) in [7, 11) is 1.97. The first-order valence-corrected chi connectivity index (χ1v) is 10.6. The molecule has 164 valence electrons. The van der Waals surface area contributed by atoms with Gasteiger partial charge in [0.2, 0.25) is 0 Å². The quantitative estimate of drug-likeness (QED) is 0.514. The molecule has 1 fully saturated rings. The fourth-order valence-corrected chi connectivity index (χ4v) is 4.31. The van der Waals surface area contributed by atoms with Crippen molar-refractivity contribution in [2.75, 3.05) is 30.4 Å². The van der Waals surface area contributed by atoms with E-state index < -0.39 is 5.82 Å². The molecule has 0 saturated carbocycles. The number of pyridine rings is 1. The number of anilines is 2. The van der Waals surface area contributed by atoms with E-state index in [1.165, 1.54) is 6.07 Å². The SMILES string of the molecule is CNC1CCN(c2ccc(C(=O)Nc3cc(F)c4nc(C)cn4c3)c3nc(C)ncc23)C1. The number of hydrogen-bond donors (Lipinski definition) is 2. The Balaban J connectivity index is 1.52. The third-order valence-electron chi connectivity index (χ3n) is 5.91. The molecule has 1 saturated heterocycles. The van der Waals surface area contributed by atoms with Crippen LogP contribution in [0.15, 0.2) is 36.8 Å². The summed E-state index contributed by atoms with van der Waals surface area (Å²) in [6, 6.07) is 5.42. The third kappa shape index (κ3) is 3.54. The van der Waals surface area contributed by atoms with Gasteiger partial charge in [0, 0.05) is 54.9 Å². The van der Waals surface area contributed by atoms with Crippen LogP contribution in [-0.4, -0.2) is 51.4 Å². The van der Waals surface area contributed by atoms with E-state index in [-0.39, 0.29) is 11.6 Å². The van der Waals surface area contributed by atoms with Crippen LogP contribution in [0.4, 0.5) is 15.8 Å². The summed E-state index contributed by atoms with van der Waals surface area (Å²) in [5.41, 5.74) is 3.28. The summed E-state index contributed by atoms with van der Waals surface area (Å²) < 4.78 is 16.0. The largest absolute Gasteiger partial charge is 0.369 e. The fraction of sp³-hybridized carbons (Fsp3) is 0.304. The minimum absolute atomic E-state index is 0.226. The number of fused-ring (bicyclic) bond motifs is 2. The summed E-state index contributed by atoms with van der Waals surface area (Å²) in [6.07, 6.45) is 6.18. The van der Waals surface area contributed by atoms with Crippen molar-refractivity contribution in [1.82, 2.24) is 24.7 Å². The summed E-state index contributed by atoms with van der Waals surface area (Å²) in [4.78, 5) is 28.6. The van der Waals surface area contributed by atoms with Gasteiger partial charge in [-0.05, 0) is 39.4 Å². The number of amides is 1. The second-order valence-electron chi connectivity index (χ2n) is 8.18. The van der Waals surface area contributed by atoms with Crippen molar-refractivity contribution in [2.24, 2.45) is 0 Å². The number of nitrogens with zero attached hydrogens (tertiary/aromatic N) is 5. The van der Waals surface area contributed by atoms with E-state index >= 15 is 0 Å². The maximum atomic E-state index is 14.4. The van der Waals surface area contributed by atoms with Gasteiger partial charge in [-0.15, -0.1) is 0 Å². The number of aryl methyl sites for hydroxylation is 2. The average Bonchev–Trinajstić information content (AvgIpc) is 3.39. The van der Waals surface area contributed by atoms with Crippen LogP contribution in [0, 0.1) is 19.7 Å². The zero-order valence-corrected chi connectivity index (χ0v) is 18.2. The first kappa shape index (κ1) is 20.3. The molecule has 8 nitrogen and oxygen atoms in total. The van der Waals surface area contributed by atoms with Crippen molar-refractivity contribution >= 4 is 33.8 Å². The number of carbonyl (C=O) groups excluding carboxylic acids is 1. The summed E-state index contributed by atoms with van der Waals surface area (Å²) in [5, 5.41) is 6.95. The topological polar surface area (TPSA) is 87.5 Å². The normalized spacial score (nSPS) is 16.2. The number of benzene rings is 1. The number of nitrogens with one attached hydrogen (secondary N) is 2. The lowest BCUT2D eigenvalue weighted by Crippen LogP contribution is -2.29. The van der Waals surface area contributed by atoms with Crippen molar-refractivity contribution in [3.63, 3.8) is 0 Å². The molecule has 0 radical (unpaired) electrons. The lowest BCUT2D eigenvalue weighted by Gasteiger charge is -2.21. The molecule has 1 unspecified atom stereocenters. The Hall–Kier alpha value is -3.59. The Labute approximate surface area is 184 Å². The minimum Gasteiger partial charge on any atom is -0.369 e. The highest BCUT2D eigenvalue weighted by atomic mass is 19.1. The lowest BCUT2D eigenvalue weighted by atomic mass is 10.1. The van der Waals surface area contributed by atoms with Gasteiger partial charge >= 0.3 is 0 Å². The molecule has 0 bridgehead atoms. The van der Waals surface area contributed by atoms with Crippen molar-refractivity contribution in [1.29, 1.82) is 0 Å². The summed E-state index contributed by atoms with van der Waals surface area (Å²) in [6.45, 7) is 5.39. The van der Waals surface area contributed by atoms with Crippen LogP contribution >= 0.6 is 0 Å². The van der Waals surface area contributed by atoms with Crippen molar-refractivity contribution in [3.05, 3.63) is 59.7 Å². The molecular weight excluding hydrogens is 409 g/mol. The highest BCUT2D eigenvalue weighted by molar-refractivity contribution is 6.13. The van der Waals surface area contributed by atoms with Crippen molar-refractivity contribution in [3.8, 4) is 0 Å². The van der Waals surface area contributed by atoms with Gasteiger partial charge in [0.1, 0.15) is 5.82 Å². The van der Waals surface area contributed by atoms with Crippen molar-refractivity contribution < 1.29 is 9.18 Å². The van der Waals surface area contributed by atoms with E-state index in [0.29, 0.717) is 34.3 Å². The molecule has 1 atom stereocenters. The third-order valence-corrected chi connectivity index (χ3v) is 5.91. The van der Waals surface area contributed by atoms with Gasteiger partial charge in [-0.2, -0.15) is 0 Å². The Morgan fingerprint density at radius 2 is 2.06 bits per heavy atom. The van der Waals surface area contributed by atoms with Crippen LogP contribution in [0.1, 0.15) is 28.3 Å². The standard InChI is InChI=1S/C23H24FN7O/c1-13-10-31-12-16(8-19(24)22(31)27-13)29-23(32)17-4-5-20(30-7-6-15(11-30)25-3)18-9-26-14(2)28-21(17)18/h4-5,8-10,12,15,25H,6-7,11H2,1-3H3,(H,29,32). The zero-order chi connectivity index (χ0) is 22.4. The van der Waals surface area contributed by atoms with E-state index in [0.717, 1.165) is 30.6 Å². The first-order chi connectivity index (χ1) is 15.4. The van der Waals surface area contributed by atoms with Crippen LogP contribution in [-0.2, 0) is 0 Å². The molecule has 1 amide bonds. The summed E-state index contributed by atoms with van der Waals surface area (Å²) in [5.74, 6) is -0.272. The predicted octanol–water partition coefficient (Wildman–Crippen LogP) is 3.08. The highest BCUT2D eigenvalue weighted by Crippen LogP contribution is 2.31. The van der Waals surface area contributed by atoms with E-state index in [4.69, 9.17) is 0 Å². The Morgan fingerprint density at radius 3 is 2.84 bits per heavy atom. The molecule has 0 aliphatic carbocycles. The van der Waals surface area contributed by atoms with Gasteiger partial charge in [0.25, 0.3) is 5.91 Å². The smallest absolute Gasteiger partial charge is 0.257 e. The second-order valence-corrected chi connectivity index (χ2v) is 8.18. The molecule has 1 aromatic carbocycles. The number of halogens is 1. The molecule has 4 aromatic rings. The van der Waals surface area contributed by atoms with Gasteiger partial charge in [0.15, 0.2) is 11.5 Å². The molecule has 3 aromatic heterocycles. The monoisotopic (exact) mass is 433 g/mol. The predicted molar refractivity (Wildman–Crippen MR) is 122 cm³/mol. The molecule has 2 N–H and O–H groups in total. The Kier molecular flexibility index (Phi) is 4.97. The van der Waals surface area contributed by atoms with Crippen LogP contribution in [0.25, 0.3) is 16.6 Å². The molecule has 1 aliphatic heterocycles. The van der Waals surface area contributed by atoms with Gasteiger partial charge in [-0.1, -0.05) is 0 Å². The number of hydrogen-bond acceptors (Lipinski definition) is 6. The fourth-order valence-electron chi connectivity index (χ4n) is 4.31. The number of imidazole rings is 1. The number of aromatic nitrogens is 4. The molecule has 0 spiro atoms. The maximum absolute atomic E-state index is 14.4. The van der Waals surface area contributed by atoms with Crippen LogP contribution in [0.3, 0.4) is 0 Å². The average molecular weight is 433 g/mol. The van der Waals surface area contributed by atoms with E-state index in [9.17, 15) is 9.18 Å².